The lowest BCUT2D eigenvalue weighted by atomic mass is 10.2. The minimum atomic E-state index is -0.454. The molecule has 0 radical (unpaired) electrons. The van der Waals surface area contributed by atoms with Crippen molar-refractivity contribution in [3.63, 3.8) is 0 Å². The molecule has 7 nitrogen and oxygen atoms in total. The quantitative estimate of drug-likeness (QED) is 0.172. The summed E-state index contributed by atoms with van der Waals surface area (Å²) in [5, 5.41) is 15.2. The summed E-state index contributed by atoms with van der Waals surface area (Å²) < 4.78 is 12.6. The highest BCUT2D eigenvalue weighted by molar-refractivity contribution is 9.10. The van der Waals surface area contributed by atoms with Crippen LogP contribution in [0.25, 0.3) is 0 Å². The highest BCUT2D eigenvalue weighted by atomic mass is 79.9. The molecular formula is C23H20BrClN2O5. The number of oxime groups is 1. The second kappa shape index (κ2) is 11.5. The summed E-state index contributed by atoms with van der Waals surface area (Å²) in [6.45, 7) is 2.75. The summed E-state index contributed by atoms with van der Waals surface area (Å²) >= 11 is 9.85. The van der Waals surface area contributed by atoms with Crippen LogP contribution in [0.4, 0.5) is 5.69 Å². The number of halogens is 2. The second-order valence-corrected chi connectivity index (χ2v) is 7.94. The number of non-ortho nitro benzene ring substituents is 1. The van der Waals surface area contributed by atoms with Crippen molar-refractivity contribution in [3.8, 4) is 11.5 Å². The molecule has 3 aromatic carbocycles. The van der Waals surface area contributed by atoms with Gasteiger partial charge in [-0.05, 0) is 42.3 Å². The molecule has 3 rings (SSSR count). The number of nitrogens with zero attached hydrogens (tertiary/aromatic N) is 2. The number of benzene rings is 3. The zero-order chi connectivity index (χ0) is 22.9. The summed E-state index contributed by atoms with van der Waals surface area (Å²) in [4.78, 5) is 15.7. The number of hydrogen-bond acceptors (Lipinski definition) is 6. The van der Waals surface area contributed by atoms with E-state index < -0.39 is 4.92 Å². The Kier molecular flexibility index (Phi) is 8.47. The van der Waals surface area contributed by atoms with Crippen molar-refractivity contribution in [1.82, 2.24) is 0 Å². The van der Waals surface area contributed by atoms with Gasteiger partial charge in [-0.3, -0.25) is 10.1 Å². The van der Waals surface area contributed by atoms with Gasteiger partial charge in [0.25, 0.3) is 5.69 Å². The SMILES string of the molecule is CCOc1cc(/C=N\OCc2cccc([N+](=O)[O-])c2)cc(Cl)c1OCc1ccc(Br)cc1. The third-order valence-corrected chi connectivity index (χ3v) is 5.07. The van der Waals surface area contributed by atoms with Crippen LogP contribution in [0.2, 0.25) is 5.02 Å². The van der Waals surface area contributed by atoms with Crippen molar-refractivity contribution in [2.45, 2.75) is 20.1 Å². The van der Waals surface area contributed by atoms with Crippen LogP contribution >= 0.6 is 27.5 Å². The van der Waals surface area contributed by atoms with E-state index in [1.807, 2.05) is 31.2 Å². The predicted octanol–water partition coefficient (Wildman–Crippen LogP) is 6.54. The fourth-order valence-corrected chi connectivity index (χ4v) is 3.31. The van der Waals surface area contributed by atoms with E-state index in [9.17, 15) is 10.1 Å². The number of hydrogen-bond donors (Lipinski definition) is 0. The molecule has 0 N–H and O–H groups in total. The average Bonchev–Trinajstić information content (AvgIpc) is 2.78. The molecular weight excluding hydrogens is 500 g/mol. The highest BCUT2D eigenvalue weighted by Gasteiger charge is 2.13. The van der Waals surface area contributed by atoms with Crippen LogP contribution in [0.5, 0.6) is 11.5 Å². The zero-order valence-corrected chi connectivity index (χ0v) is 19.5. The fraction of sp³-hybridized carbons (Fsp3) is 0.174. The largest absolute Gasteiger partial charge is 0.490 e. The van der Waals surface area contributed by atoms with Crippen LogP contribution in [0.15, 0.2) is 70.3 Å². The van der Waals surface area contributed by atoms with Gasteiger partial charge in [-0.2, -0.15) is 0 Å². The van der Waals surface area contributed by atoms with Crippen LogP contribution in [-0.4, -0.2) is 17.7 Å². The highest BCUT2D eigenvalue weighted by Crippen LogP contribution is 2.37. The summed E-state index contributed by atoms with van der Waals surface area (Å²) in [7, 11) is 0. The molecule has 9 heteroatoms. The molecule has 0 aliphatic carbocycles. The molecule has 0 saturated carbocycles. The summed E-state index contributed by atoms with van der Waals surface area (Å²) in [6.07, 6.45) is 1.49. The van der Waals surface area contributed by atoms with Crippen molar-refractivity contribution >= 4 is 39.4 Å². The van der Waals surface area contributed by atoms with E-state index in [4.69, 9.17) is 25.9 Å². The Morgan fingerprint density at radius 3 is 2.56 bits per heavy atom. The molecule has 0 atom stereocenters. The van der Waals surface area contributed by atoms with Crippen LogP contribution in [-0.2, 0) is 18.1 Å². The van der Waals surface area contributed by atoms with Crippen molar-refractivity contribution in [2.75, 3.05) is 6.61 Å². The number of nitro groups is 1. The fourth-order valence-electron chi connectivity index (χ4n) is 2.77. The lowest BCUT2D eigenvalue weighted by molar-refractivity contribution is -0.384. The normalized spacial score (nSPS) is 10.8. The lowest BCUT2D eigenvalue weighted by Crippen LogP contribution is -2.01. The number of ether oxygens (including phenoxy) is 2. The van der Waals surface area contributed by atoms with Gasteiger partial charge >= 0.3 is 0 Å². The number of nitro benzene ring substituents is 1. The first-order valence-electron chi connectivity index (χ1n) is 9.68. The molecule has 166 valence electrons. The van der Waals surface area contributed by atoms with Gasteiger partial charge in [0.15, 0.2) is 11.5 Å². The van der Waals surface area contributed by atoms with Crippen molar-refractivity contribution in [3.05, 3.63) is 97.0 Å². The van der Waals surface area contributed by atoms with Gasteiger partial charge in [0, 0.05) is 22.2 Å². The van der Waals surface area contributed by atoms with Gasteiger partial charge < -0.3 is 14.3 Å². The predicted molar refractivity (Wildman–Crippen MR) is 127 cm³/mol. The van der Waals surface area contributed by atoms with Gasteiger partial charge in [-0.1, -0.05) is 57.0 Å². The molecule has 32 heavy (non-hydrogen) atoms. The van der Waals surface area contributed by atoms with E-state index in [2.05, 4.69) is 21.1 Å². The topological polar surface area (TPSA) is 83.2 Å². The average molecular weight is 520 g/mol. The lowest BCUT2D eigenvalue weighted by Gasteiger charge is -2.14. The Morgan fingerprint density at radius 1 is 1.06 bits per heavy atom. The minimum absolute atomic E-state index is 0.00180. The van der Waals surface area contributed by atoms with Crippen molar-refractivity contribution in [2.24, 2.45) is 5.16 Å². The van der Waals surface area contributed by atoms with E-state index >= 15 is 0 Å². The molecule has 0 aliphatic rings. The second-order valence-electron chi connectivity index (χ2n) is 6.61. The van der Waals surface area contributed by atoms with E-state index in [1.165, 1.54) is 18.3 Å². The third-order valence-electron chi connectivity index (χ3n) is 4.26. The van der Waals surface area contributed by atoms with Crippen LogP contribution in [0, 0.1) is 10.1 Å². The maximum atomic E-state index is 10.9. The number of rotatable bonds is 10. The molecule has 0 fully saturated rings. The Bertz CT molecular complexity index is 1110. The monoisotopic (exact) mass is 518 g/mol. The van der Waals surface area contributed by atoms with Crippen molar-refractivity contribution < 1.29 is 19.2 Å². The standard InChI is InChI=1S/C23H20BrClN2O5/c1-2-30-22-12-18(13-26-32-15-17-4-3-5-20(10-17)27(28)29)11-21(25)23(22)31-14-16-6-8-19(24)9-7-16/h3-13H,2,14-15H2,1H3/b26-13-. The van der Waals surface area contributed by atoms with Crippen molar-refractivity contribution in [1.29, 1.82) is 0 Å². The third kappa shape index (κ3) is 6.70. The Labute approximate surface area is 198 Å². The van der Waals surface area contributed by atoms with Crippen LogP contribution in [0.1, 0.15) is 23.6 Å². The maximum absolute atomic E-state index is 10.9. The Morgan fingerprint density at radius 2 is 1.84 bits per heavy atom. The summed E-state index contributed by atoms with van der Waals surface area (Å²) in [6, 6.07) is 17.4. The van der Waals surface area contributed by atoms with E-state index in [0.29, 0.717) is 40.9 Å². The van der Waals surface area contributed by atoms with Crippen LogP contribution < -0.4 is 9.47 Å². The zero-order valence-electron chi connectivity index (χ0n) is 17.2. The van der Waals surface area contributed by atoms with Gasteiger partial charge in [-0.25, -0.2) is 0 Å². The molecule has 0 aromatic heterocycles. The first-order chi connectivity index (χ1) is 15.5. The molecule has 0 aliphatic heterocycles. The molecule has 0 unspecified atom stereocenters. The van der Waals surface area contributed by atoms with E-state index in [-0.39, 0.29) is 12.3 Å². The smallest absolute Gasteiger partial charge is 0.269 e. The molecule has 0 amide bonds. The van der Waals surface area contributed by atoms with E-state index in [0.717, 1.165) is 10.0 Å². The first kappa shape index (κ1) is 23.6. The van der Waals surface area contributed by atoms with Gasteiger partial charge in [0.1, 0.15) is 13.2 Å². The minimum Gasteiger partial charge on any atom is -0.490 e. The molecule has 0 bridgehead atoms. The summed E-state index contributed by atoms with van der Waals surface area (Å²) in [5.74, 6) is 0.948. The first-order valence-corrected chi connectivity index (χ1v) is 10.9. The maximum Gasteiger partial charge on any atom is 0.269 e. The van der Waals surface area contributed by atoms with Crippen LogP contribution in [0.3, 0.4) is 0 Å². The van der Waals surface area contributed by atoms with Gasteiger partial charge in [0.05, 0.1) is 22.8 Å². The molecule has 0 spiro atoms. The Balaban J connectivity index is 1.67. The Hall–Kier alpha value is -3.10. The molecule has 3 aromatic rings. The molecule has 0 heterocycles. The molecule has 0 saturated heterocycles. The van der Waals surface area contributed by atoms with Gasteiger partial charge in [-0.15, -0.1) is 0 Å². The van der Waals surface area contributed by atoms with Gasteiger partial charge in [0.2, 0.25) is 0 Å². The summed E-state index contributed by atoms with van der Waals surface area (Å²) in [5.41, 5.74) is 2.29. The van der Waals surface area contributed by atoms with E-state index in [1.54, 1.807) is 24.3 Å².